The van der Waals surface area contributed by atoms with Gasteiger partial charge in [0.15, 0.2) is 5.69 Å². The molecule has 0 fully saturated rings. The number of halogens is 1. The van der Waals surface area contributed by atoms with Crippen molar-refractivity contribution in [3.05, 3.63) is 71.5 Å². The zero-order chi connectivity index (χ0) is 17.8. The highest BCUT2D eigenvalue weighted by atomic mass is 35.5. The van der Waals surface area contributed by atoms with Gasteiger partial charge in [0.1, 0.15) is 5.75 Å². The van der Waals surface area contributed by atoms with Gasteiger partial charge in [-0.2, -0.15) is 5.10 Å². The number of anilines is 1. The first-order valence-corrected chi connectivity index (χ1v) is 8.29. The Balaban J connectivity index is 1.79. The molecule has 5 nitrogen and oxygen atoms in total. The van der Waals surface area contributed by atoms with Gasteiger partial charge in [-0.15, -0.1) is 0 Å². The number of carbonyl (C=O) groups excluding carboxylic acids is 1. The van der Waals surface area contributed by atoms with E-state index in [1.807, 2.05) is 44.2 Å². The molecule has 3 aromatic rings. The first kappa shape index (κ1) is 17.0. The number of para-hydroxylation sites is 2. The number of benzene rings is 2. The number of carbonyl (C=O) groups is 1. The third-order valence-corrected chi connectivity index (χ3v) is 3.63. The average molecular weight is 356 g/mol. The highest BCUT2D eigenvalue weighted by Crippen LogP contribution is 2.25. The molecule has 128 valence electrons. The third-order valence-electron chi connectivity index (χ3n) is 3.39. The molecule has 0 atom stereocenters. The van der Waals surface area contributed by atoms with Gasteiger partial charge in [0, 0.05) is 11.2 Å². The van der Waals surface area contributed by atoms with Gasteiger partial charge in [-0.3, -0.25) is 4.79 Å². The topological polar surface area (TPSA) is 56.1 Å². The first-order valence-electron chi connectivity index (χ1n) is 7.91. The molecule has 1 amide bonds. The second kappa shape index (κ2) is 7.40. The zero-order valence-electron chi connectivity index (χ0n) is 13.9. The Hall–Kier alpha value is -2.79. The summed E-state index contributed by atoms with van der Waals surface area (Å²) in [5, 5.41) is 7.77. The lowest BCUT2D eigenvalue weighted by Gasteiger charge is -2.14. The van der Waals surface area contributed by atoms with Gasteiger partial charge in [0.05, 0.1) is 17.5 Å². The maximum absolute atomic E-state index is 12.5. The van der Waals surface area contributed by atoms with Crippen molar-refractivity contribution >= 4 is 23.2 Å². The third kappa shape index (κ3) is 4.19. The minimum absolute atomic E-state index is 0.0140. The smallest absolute Gasteiger partial charge is 0.276 e. The molecule has 0 aliphatic carbocycles. The molecule has 2 aromatic carbocycles. The van der Waals surface area contributed by atoms with Gasteiger partial charge in [0.2, 0.25) is 0 Å². The molecule has 0 saturated carbocycles. The number of nitrogens with zero attached hydrogens (tertiary/aromatic N) is 2. The number of aromatic nitrogens is 2. The zero-order valence-corrected chi connectivity index (χ0v) is 14.7. The molecule has 0 aliphatic heterocycles. The summed E-state index contributed by atoms with van der Waals surface area (Å²) in [7, 11) is 0. The van der Waals surface area contributed by atoms with Crippen LogP contribution in [0.25, 0.3) is 5.69 Å². The van der Waals surface area contributed by atoms with Crippen LogP contribution in [-0.4, -0.2) is 21.8 Å². The Morgan fingerprint density at radius 1 is 1.16 bits per heavy atom. The van der Waals surface area contributed by atoms with Crippen molar-refractivity contribution in [1.82, 2.24) is 9.78 Å². The van der Waals surface area contributed by atoms with Crippen molar-refractivity contribution in [3.63, 3.8) is 0 Å². The summed E-state index contributed by atoms with van der Waals surface area (Å²) in [6, 6.07) is 16.2. The van der Waals surface area contributed by atoms with Crippen LogP contribution in [0.1, 0.15) is 24.3 Å². The lowest BCUT2D eigenvalue weighted by atomic mass is 10.2. The van der Waals surface area contributed by atoms with Crippen LogP contribution in [0, 0.1) is 0 Å². The van der Waals surface area contributed by atoms with E-state index in [-0.39, 0.29) is 12.0 Å². The Morgan fingerprint density at radius 3 is 2.72 bits per heavy atom. The van der Waals surface area contributed by atoms with E-state index in [2.05, 4.69) is 10.4 Å². The molecule has 0 saturated heterocycles. The molecule has 1 heterocycles. The van der Waals surface area contributed by atoms with Crippen molar-refractivity contribution in [1.29, 1.82) is 0 Å². The van der Waals surface area contributed by atoms with E-state index in [1.165, 1.54) is 0 Å². The number of amides is 1. The molecule has 1 N–H and O–H groups in total. The fraction of sp³-hybridized carbons (Fsp3) is 0.158. The van der Waals surface area contributed by atoms with Gasteiger partial charge in [-0.1, -0.05) is 29.8 Å². The van der Waals surface area contributed by atoms with Gasteiger partial charge in [-0.05, 0) is 50.2 Å². The molecule has 6 heteroatoms. The minimum atomic E-state index is -0.305. The minimum Gasteiger partial charge on any atom is -0.489 e. The lowest BCUT2D eigenvalue weighted by Crippen LogP contribution is -2.15. The molecule has 0 unspecified atom stereocenters. The molecule has 0 bridgehead atoms. The van der Waals surface area contributed by atoms with E-state index in [1.54, 1.807) is 35.1 Å². The van der Waals surface area contributed by atoms with E-state index in [0.29, 0.717) is 22.2 Å². The van der Waals surface area contributed by atoms with Crippen LogP contribution in [0.5, 0.6) is 5.75 Å². The number of hydrogen-bond acceptors (Lipinski definition) is 3. The van der Waals surface area contributed by atoms with Gasteiger partial charge in [0.25, 0.3) is 5.91 Å². The normalized spacial score (nSPS) is 10.7. The van der Waals surface area contributed by atoms with Crippen molar-refractivity contribution in [2.75, 3.05) is 5.32 Å². The fourth-order valence-electron chi connectivity index (χ4n) is 2.32. The van der Waals surface area contributed by atoms with E-state index in [9.17, 15) is 4.79 Å². The summed E-state index contributed by atoms with van der Waals surface area (Å²) in [6.45, 7) is 3.87. The second-order valence-electron chi connectivity index (χ2n) is 5.74. The summed E-state index contributed by atoms with van der Waals surface area (Å²) in [5.74, 6) is 0.320. The van der Waals surface area contributed by atoms with Crippen LogP contribution in [0.15, 0.2) is 60.8 Å². The number of rotatable bonds is 5. The number of ether oxygens (including phenoxy) is 1. The quantitative estimate of drug-likeness (QED) is 0.729. The summed E-state index contributed by atoms with van der Waals surface area (Å²) >= 11 is 6.00. The Kier molecular flexibility index (Phi) is 5.05. The largest absolute Gasteiger partial charge is 0.489 e. The SMILES string of the molecule is CC(C)Oc1ccccc1NC(=O)c1ccn(-c2cccc(Cl)c2)n1. The highest BCUT2D eigenvalue weighted by molar-refractivity contribution is 6.30. The first-order chi connectivity index (χ1) is 12.0. The maximum atomic E-state index is 12.5. The molecule has 3 rings (SSSR count). The summed E-state index contributed by atoms with van der Waals surface area (Å²) in [6.07, 6.45) is 1.73. The predicted octanol–water partition coefficient (Wildman–Crippen LogP) is 4.57. The van der Waals surface area contributed by atoms with E-state index in [0.717, 1.165) is 5.69 Å². The second-order valence-corrected chi connectivity index (χ2v) is 6.18. The maximum Gasteiger partial charge on any atom is 0.276 e. The van der Waals surface area contributed by atoms with Crippen LogP contribution in [0.3, 0.4) is 0 Å². The molecule has 0 radical (unpaired) electrons. The van der Waals surface area contributed by atoms with Crippen molar-refractivity contribution in [2.45, 2.75) is 20.0 Å². The lowest BCUT2D eigenvalue weighted by molar-refractivity contribution is 0.102. The fourth-order valence-corrected chi connectivity index (χ4v) is 2.50. The highest BCUT2D eigenvalue weighted by Gasteiger charge is 2.13. The monoisotopic (exact) mass is 355 g/mol. The van der Waals surface area contributed by atoms with E-state index in [4.69, 9.17) is 16.3 Å². The van der Waals surface area contributed by atoms with Gasteiger partial charge < -0.3 is 10.1 Å². The van der Waals surface area contributed by atoms with Crippen molar-refractivity contribution < 1.29 is 9.53 Å². The molecular weight excluding hydrogens is 338 g/mol. The van der Waals surface area contributed by atoms with Crippen LogP contribution in [0.2, 0.25) is 5.02 Å². The Labute approximate surface area is 151 Å². The Morgan fingerprint density at radius 2 is 1.96 bits per heavy atom. The molecule has 1 aromatic heterocycles. The number of hydrogen-bond donors (Lipinski definition) is 1. The van der Waals surface area contributed by atoms with Crippen LogP contribution >= 0.6 is 11.6 Å². The van der Waals surface area contributed by atoms with Crippen LogP contribution in [-0.2, 0) is 0 Å². The van der Waals surface area contributed by atoms with Crippen molar-refractivity contribution in [2.24, 2.45) is 0 Å². The molecule has 0 aliphatic rings. The van der Waals surface area contributed by atoms with E-state index >= 15 is 0 Å². The Bertz CT molecular complexity index is 890. The van der Waals surface area contributed by atoms with Crippen molar-refractivity contribution in [3.8, 4) is 11.4 Å². The predicted molar refractivity (Wildman–Crippen MR) is 98.7 cm³/mol. The van der Waals surface area contributed by atoms with Crippen LogP contribution in [0.4, 0.5) is 5.69 Å². The van der Waals surface area contributed by atoms with Crippen LogP contribution < -0.4 is 10.1 Å². The standard InChI is InChI=1S/C19H18ClN3O2/c1-13(2)25-18-9-4-3-8-16(18)21-19(24)17-10-11-23(22-17)15-7-5-6-14(20)12-15/h3-13H,1-2H3,(H,21,24). The molecule has 25 heavy (non-hydrogen) atoms. The average Bonchev–Trinajstić information content (AvgIpc) is 3.06. The summed E-state index contributed by atoms with van der Waals surface area (Å²) in [4.78, 5) is 12.5. The number of nitrogens with one attached hydrogen (secondary N) is 1. The van der Waals surface area contributed by atoms with Gasteiger partial charge >= 0.3 is 0 Å². The summed E-state index contributed by atoms with van der Waals surface area (Å²) < 4.78 is 7.32. The van der Waals surface area contributed by atoms with Gasteiger partial charge in [-0.25, -0.2) is 4.68 Å². The summed E-state index contributed by atoms with van der Waals surface area (Å²) in [5.41, 5.74) is 1.70. The van der Waals surface area contributed by atoms with E-state index < -0.39 is 0 Å². The molecular formula is C19H18ClN3O2. The molecule has 0 spiro atoms.